The van der Waals surface area contributed by atoms with Crippen LogP contribution in [0.5, 0.6) is 0 Å². The number of carbonyl (C=O) groups excluding carboxylic acids is 2. The third kappa shape index (κ3) is 4.24. The molecule has 2 atom stereocenters. The number of esters is 1. The Bertz CT molecular complexity index is 780. The lowest BCUT2D eigenvalue weighted by Gasteiger charge is -2.24. The molecule has 146 valence electrons. The molecule has 6 nitrogen and oxygen atoms in total. The summed E-state index contributed by atoms with van der Waals surface area (Å²) < 4.78 is 5.40. The van der Waals surface area contributed by atoms with Crippen LogP contribution in [0.4, 0.5) is 5.00 Å². The van der Waals surface area contributed by atoms with Gasteiger partial charge in [-0.2, -0.15) is 0 Å². The Hall–Kier alpha value is -2.15. The zero-order valence-corrected chi connectivity index (χ0v) is 16.4. The summed E-state index contributed by atoms with van der Waals surface area (Å²) in [5, 5.41) is 12.8. The number of fused-ring (bicyclic) bond motifs is 1. The van der Waals surface area contributed by atoms with Crippen molar-refractivity contribution in [1.29, 1.82) is 0 Å². The summed E-state index contributed by atoms with van der Waals surface area (Å²) in [6.45, 7) is 3.58. The predicted molar refractivity (Wildman–Crippen MR) is 103 cm³/mol. The van der Waals surface area contributed by atoms with Gasteiger partial charge in [0.2, 0.25) is 5.91 Å². The van der Waals surface area contributed by atoms with E-state index in [0.29, 0.717) is 23.4 Å². The summed E-state index contributed by atoms with van der Waals surface area (Å²) in [4.78, 5) is 38.1. The first-order valence-corrected chi connectivity index (χ1v) is 10.2. The third-order valence-corrected chi connectivity index (χ3v) is 6.25. The molecular weight excluding hydrogens is 366 g/mol. The van der Waals surface area contributed by atoms with Gasteiger partial charge in [-0.1, -0.05) is 12.2 Å². The molecule has 2 N–H and O–H groups in total. The number of anilines is 1. The minimum absolute atomic E-state index is 0.250. The average molecular weight is 391 g/mol. The molecule has 2 aliphatic rings. The maximum absolute atomic E-state index is 12.8. The molecule has 27 heavy (non-hydrogen) atoms. The third-order valence-electron chi connectivity index (χ3n) is 5.04. The Balaban J connectivity index is 1.88. The number of aliphatic carboxylic acids is 1. The topological polar surface area (TPSA) is 92.7 Å². The van der Waals surface area contributed by atoms with Gasteiger partial charge < -0.3 is 15.2 Å². The number of hydrogen-bond acceptors (Lipinski definition) is 5. The van der Waals surface area contributed by atoms with Crippen LogP contribution in [0.3, 0.4) is 0 Å². The van der Waals surface area contributed by atoms with Crippen molar-refractivity contribution in [2.45, 2.75) is 58.5 Å². The zero-order valence-electron chi connectivity index (χ0n) is 15.6. The number of ether oxygens (including phenoxy) is 1. The van der Waals surface area contributed by atoms with Gasteiger partial charge in [0, 0.05) is 4.88 Å². The molecule has 1 aromatic heterocycles. The smallest absolute Gasteiger partial charge is 0.341 e. The second-order valence-corrected chi connectivity index (χ2v) is 8.46. The number of amides is 1. The van der Waals surface area contributed by atoms with Gasteiger partial charge in [-0.15, -0.1) is 11.3 Å². The van der Waals surface area contributed by atoms with Crippen LogP contribution < -0.4 is 5.32 Å². The van der Waals surface area contributed by atoms with E-state index in [9.17, 15) is 19.5 Å². The molecule has 1 aromatic rings. The zero-order chi connectivity index (χ0) is 19.6. The van der Waals surface area contributed by atoms with Crippen LogP contribution in [0.25, 0.3) is 0 Å². The molecule has 0 aromatic carbocycles. The fraction of sp³-hybridized carbons (Fsp3) is 0.550. The van der Waals surface area contributed by atoms with E-state index in [1.165, 1.54) is 11.3 Å². The number of carboxylic acid groups (broad SMARTS) is 1. The highest BCUT2D eigenvalue weighted by Crippen LogP contribution is 2.39. The molecule has 7 heteroatoms. The number of rotatable bonds is 5. The lowest BCUT2D eigenvalue weighted by molar-refractivity contribution is -0.146. The van der Waals surface area contributed by atoms with Gasteiger partial charge in [-0.25, -0.2) is 4.79 Å². The first-order chi connectivity index (χ1) is 12.9. The summed E-state index contributed by atoms with van der Waals surface area (Å²) in [5.41, 5.74) is 1.43. The first-order valence-electron chi connectivity index (χ1n) is 9.42. The summed E-state index contributed by atoms with van der Waals surface area (Å²) in [5.74, 6) is -3.11. The van der Waals surface area contributed by atoms with Crippen LogP contribution in [-0.4, -0.2) is 29.1 Å². The molecule has 1 amide bonds. The van der Waals surface area contributed by atoms with E-state index >= 15 is 0 Å². The van der Waals surface area contributed by atoms with Crippen LogP contribution in [0.15, 0.2) is 12.2 Å². The highest BCUT2D eigenvalue weighted by Gasteiger charge is 2.35. The molecule has 0 spiro atoms. The Morgan fingerprint density at radius 2 is 1.81 bits per heavy atom. The molecule has 3 rings (SSSR count). The monoisotopic (exact) mass is 391 g/mol. The molecule has 0 fully saturated rings. The van der Waals surface area contributed by atoms with Crippen molar-refractivity contribution in [2.75, 3.05) is 5.32 Å². The summed E-state index contributed by atoms with van der Waals surface area (Å²) in [6, 6.07) is 0. The molecule has 0 unspecified atom stereocenters. The van der Waals surface area contributed by atoms with E-state index in [-0.39, 0.29) is 12.0 Å². The van der Waals surface area contributed by atoms with Gasteiger partial charge in [0.05, 0.1) is 23.5 Å². The SMILES string of the molecule is CC(C)OC(=O)c1c(NC(=O)[C@H]2CC=CC[C@H]2C(=O)O)sc2c1CCCC2. The van der Waals surface area contributed by atoms with E-state index in [2.05, 4.69) is 5.32 Å². The molecule has 1 heterocycles. The first kappa shape index (κ1) is 19.6. The molecule has 0 saturated carbocycles. The Morgan fingerprint density at radius 1 is 1.15 bits per heavy atom. The van der Waals surface area contributed by atoms with Gasteiger partial charge in [0.25, 0.3) is 0 Å². The van der Waals surface area contributed by atoms with Crippen LogP contribution in [0, 0.1) is 11.8 Å². The minimum Gasteiger partial charge on any atom is -0.481 e. The number of allylic oxidation sites excluding steroid dienone is 2. The number of carboxylic acids is 1. The Labute approximate surface area is 162 Å². The van der Waals surface area contributed by atoms with Gasteiger partial charge >= 0.3 is 11.9 Å². The second kappa shape index (κ2) is 8.25. The maximum atomic E-state index is 12.8. The molecule has 0 saturated heterocycles. The number of nitrogens with one attached hydrogen (secondary N) is 1. The molecule has 0 aliphatic heterocycles. The van der Waals surface area contributed by atoms with Crippen LogP contribution in [0.1, 0.15) is 60.3 Å². The van der Waals surface area contributed by atoms with Crippen LogP contribution >= 0.6 is 11.3 Å². The minimum atomic E-state index is -0.968. The lowest BCUT2D eigenvalue weighted by Crippen LogP contribution is -2.34. The van der Waals surface area contributed by atoms with Gasteiger partial charge in [0.15, 0.2) is 0 Å². The van der Waals surface area contributed by atoms with Crippen molar-refractivity contribution in [1.82, 2.24) is 0 Å². The van der Waals surface area contributed by atoms with Gasteiger partial charge in [-0.05, 0) is 57.9 Å². The summed E-state index contributed by atoms with van der Waals surface area (Å²) in [7, 11) is 0. The normalized spacial score (nSPS) is 21.6. The maximum Gasteiger partial charge on any atom is 0.341 e. The summed E-state index contributed by atoms with van der Waals surface area (Å²) in [6.07, 6.45) is 7.89. The molecule has 0 bridgehead atoms. The second-order valence-electron chi connectivity index (χ2n) is 7.35. The lowest BCUT2D eigenvalue weighted by atomic mass is 9.82. The number of aryl methyl sites for hydroxylation is 1. The van der Waals surface area contributed by atoms with Crippen LogP contribution in [-0.2, 0) is 27.2 Å². The van der Waals surface area contributed by atoms with Gasteiger partial charge in [0.1, 0.15) is 5.00 Å². The van der Waals surface area contributed by atoms with Crippen molar-refractivity contribution in [3.05, 3.63) is 28.2 Å². The van der Waals surface area contributed by atoms with Gasteiger partial charge in [-0.3, -0.25) is 9.59 Å². The Morgan fingerprint density at radius 3 is 2.48 bits per heavy atom. The molecular formula is C20H25NO5S. The van der Waals surface area contributed by atoms with E-state index in [4.69, 9.17) is 4.74 Å². The fourth-order valence-corrected chi connectivity index (χ4v) is 5.00. The average Bonchev–Trinajstić information content (AvgIpc) is 2.98. The van der Waals surface area contributed by atoms with Crippen LogP contribution in [0.2, 0.25) is 0 Å². The van der Waals surface area contributed by atoms with Crippen molar-refractivity contribution < 1.29 is 24.2 Å². The molecule has 0 radical (unpaired) electrons. The summed E-state index contributed by atoms with van der Waals surface area (Å²) >= 11 is 1.42. The number of thiophene rings is 1. The fourth-order valence-electron chi connectivity index (χ4n) is 3.72. The van der Waals surface area contributed by atoms with Crippen molar-refractivity contribution >= 4 is 34.2 Å². The Kier molecular flexibility index (Phi) is 5.99. The van der Waals surface area contributed by atoms with E-state index in [1.54, 1.807) is 19.9 Å². The van der Waals surface area contributed by atoms with E-state index in [1.807, 2.05) is 6.08 Å². The highest BCUT2D eigenvalue weighted by atomic mass is 32.1. The largest absolute Gasteiger partial charge is 0.481 e. The molecule has 2 aliphatic carbocycles. The van der Waals surface area contributed by atoms with E-state index < -0.39 is 23.8 Å². The van der Waals surface area contributed by atoms with E-state index in [0.717, 1.165) is 36.1 Å². The highest BCUT2D eigenvalue weighted by molar-refractivity contribution is 7.17. The van der Waals surface area contributed by atoms with Crippen molar-refractivity contribution in [3.63, 3.8) is 0 Å². The quantitative estimate of drug-likeness (QED) is 0.588. The van der Waals surface area contributed by atoms with Crippen molar-refractivity contribution in [3.8, 4) is 0 Å². The van der Waals surface area contributed by atoms with Crippen molar-refractivity contribution in [2.24, 2.45) is 11.8 Å². The number of hydrogen-bond donors (Lipinski definition) is 2. The standard InChI is InChI=1S/C20H25NO5S/c1-11(2)26-20(25)16-14-9-5-6-10-15(14)27-18(16)21-17(22)12-7-3-4-8-13(12)19(23)24/h3-4,11-13H,5-10H2,1-2H3,(H,21,22)(H,23,24)/t12-,13+/m0/s1. The predicted octanol–water partition coefficient (Wildman–Crippen LogP) is 3.80. The number of carbonyl (C=O) groups is 3.